The maximum absolute atomic E-state index is 11.6. The normalized spacial score (nSPS) is 11.1. The first-order chi connectivity index (χ1) is 9.35. The van der Waals surface area contributed by atoms with E-state index in [1.54, 1.807) is 14.2 Å². The van der Waals surface area contributed by atoms with Crippen molar-refractivity contribution in [2.24, 2.45) is 0 Å². The SMILES string of the molecule is COc1ccc(CCCC(=O)O[Si](C)(C)C)cc1OC. The Morgan fingerprint density at radius 1 is 1.10 bits per heavy atom. The molecule has 0 heterocycles. The highest BCUT2D eigenvalue weighted by atomic mass is 28.4. The number of aryl methyl sites for hydroxylation is 1. The maximum atomic E-state index is 11.6. The van der Waals surface area contributed by atoms with Crippen LogP contribution in [0.15, 0.2) is 18.2 Å². The second-order valence-electron chi connectivity index (χ2n) is 5.63. The minimum Gasteiger partial charge on any atom is -0.520 e. The van der Waals surface area contributed by atoms with Gasteiger partial charge in [0.2, 0.25) is 8.32 Å². The zero-order valence-corrected chi connectivity index (χ0v) is 14.0. The Kier molecular flexibility index (Phi) is 6.07. The minimum atomic E-state index is -1.76. The van der Waals surface area contributed by atoms with Gasteiger partial charge in [-0.2, -0.15) is 0 Å². The van der Waals surface area contributed by atoms with Gasteiger partial charge in [-0.25, -0.2) is 0 Å². The highest BCUT2D eigenvalue weighted by molar-refractivity contribution is 6.71. The van der Waals surface area contributed by atoms with Gasteiger partial charge in [0.15, 0.2) is 11.5 Å². The summed E-state index contributed by atoms with van der Waals surface area (Å²) in [6.45, 7) is 6.04. The van der Waals surface area contributed by atoms with E-state index in [2.05, 4.69) is 0 Å². The number of benzene rings is 1. The van der Waals surface area contributed by atoms with Crippen molar-refractivity contribution in [3.05, 3.63) is 23.8 Å². The summed E-state index contributed by atoms with van der Waals surface area (Å²) >= 11 is 0. The summed E-state index contributed by atoms with van der Waals surface area (Å²) in [7, 11) is 1.47. The van der Waals surface area contributed by atoms with Crippen molar-refractivity contribution in [3.63, 3.8) is 0 Å². The quantitative estimate of drug-likeness (QED) is 0.723. The Morgan fingerprint density at radius 3 is 2.30 bits per heavy atom. The molecule has 0 aromatic heterocycles. The van der Waals surface area contributed by atoms with E-state index in [0.717, 1.165) is 29.9 Å². The lowest BCUT2D eigenvalue weighted by atomic mass is 10.1. The Labute approximate surface area is 122 Å². The minimum absolute atomic E-state index is 0.0929. The fourth-order valence-electron chi connectivity index (χ4n) is 1.87. The molecule has 0 spiro atoms. The highest BCUT2D eigenvalue weighted by Gasteiger charge is 2.19. The zero-order chi connectivity index (χ0) is 15.2. The smallest absolute Gasteiger partial charge is 0.292 e. The van der Waals surface area contributed by atoms with Crippen molar-refractivity contribution in [3.8, 4) is 11.5 Å². The number of methoxy groups -OCH3 is 2. The molecule has 0 radical (unpaired) electrons. The molecular weight excluding hydrogens is 272 g/mol. The zero-order valence-electron chi connectivity index (χ0n) is 13.0. The van der Waals surface area contributed by atoms with E-state index in [0.29, 0.717) is 6.42 Å². The van der Waals surface area contributed by atoms with Gasteiger partial charge < -0.3 is 13.9 Å². The number of hydrogen-bond donors (Lipinski definition) is 0. The molecule has 112 valence electrons. The van der Waals surface area contributed by atoms with Crippen LogP contribution in [0.2, 0.25) is 19.6 Å². The predicted octanol–water partition coefficient (Wildman–Crippen LogP) is 3.40. The average Bonchev–Trinajstić information content (AvgIpc) is 2.36. The molecule has 0 atom stereocenters. The first-order valence-corrected chi connectivity index (χ1v) is 10.2. The summed E-state index contributed by atoms with van der Waals surface area (Å²) in [5.74, 6) is 1.34. The van der Waals surface area contributed by atoms with Gasteiger partial charge >= 0.3 is 0 Å². The van der Waals surface area contributed by atoms with E-state index in [-0.39, 0.29) is 5.97 Å². The van der Waals surface area contributed by atoms with Crippen LogP contribution < -0.4 is 9.47 Å². The lowest BCUT2D eigenvalue weighted by molar-refractivity contribution is -0.135. The van der Waals surface area contributed by atoms with Gasteiger partial charge in [-0.1, -0.05) is 6.07 Å². The van der Waals surface area contributed by atoms with E-state index >= 15 is 0 Å². The lowest BCUT2D eigenvalue weighted by Gasteiger charge is -2.17. The van der Waals surface area contributed by atoms with Crippen LogP contribution in [0.25, 0.3) is 0 Å². The highest BCUT2D eigenvalue weighted by Crippen LogP contribution is 2.28. The summed E-state index contributed by atoms with van der Waals surface area (Å²) in [5.41, 5.74) is 1.13. The summed E-state index contributed by atoms with van der Waals surface area (Å²) < 4.78 is 15.9. The third-order valence-electron chi connectivity index (χ3n) is 2.71. The van der Waals surface area contributed by atoms with Gasteiger partial charge in [0.1, 0.15) is 0 Å². The van der Waals surface area contributed by atoms with Crippen LogP contribution in [0.3, 0.4) is 0 Å². The molecule has 1 aromatic rings. The van der Waals surface area contributed by atoms with E-state index in [9.17, 15) is 4.79 Å². The Bertz CT molecular complexity index is 452. The summed E-state index contributed by atoms with van der Waals surface area (Å²) in [4.78, 5) is 11.6. The van der Waals surface area contributed by atoms with Crippen LogP contribution in [0.1, 0.15) is 18.4 Å². The second-order valence-corrected chi connectivity index (χ2v) is 10.1. The Morgan fingerprint density at radius 2 is 1.75 bits per heavy atom. The van der Waals surface area contributed by atoms with Crippen LogP contribution in [0, 0.1) is 0 Å². The van der Waals surface area contributed by atoms with Gasteiger partial charge in [-0.05, 0) is 50.2 Å². The van der Waals surface area contributed by atoms with Crippen molar-refractivity contribution in [1.29, 1.82) is 0 Å². The standard InChI is InChI=1S/C15H24O4Si/c1-17-13-10-9-12(11-14(13)18-2)7-6-8-15(16)19-20(3,4)5/h9-11H,6-8H2,1-5H3. The molecule has 0 aliphatic heterocycles. The third kappa shape index (κ3) is 5.65. The molecule has 1 aromatic carbocycles. The predicted molar refractivity (Wildman–Crippen MR) is 81.9 cm³/mol. The molecule has 0 amide bonds. The summed E-state index contributed by atoms with van der Waals surface area (Å²) in [5, 5.41) is 0. The van der Waals surface area contributed by atoms with Crippen LogP contribution in [-0.2, 0) is 15.6 Å². The number of carbonyl (C=O) groups excluding carboxylic acids is 1. The second kappa shape index (κ2) is 7.33. The van der Waals surface area contributed by atoms with Crippen molar-refractivity contribution in [2.45, 2.75) is 38.9 Å². The molecule has 5 heteroatoms. The molecule has 4 nitrogen and oxygen atoms in total. The molecule has 0 saturated carbocycles. The molecule has 0 unspecified atom stereocenters. The fourth-order valence-corrected chi connectivity index (χ4v) is 2.65. The summed E-state index contributed by atoms with van der Waals surface area (Å²) in [6, 6.07) is 5.82. The van der Waals surface area contributed by atoms with Crippen molar-refractivity contribution in [2.75, 3.05) is 14.2 Å². The van der Waals surface area contributed by atoms with Crippen molar-refractivity contribution in [1.82, 2.24) is 0 Å². The molecule has 0 bridgehead atoms. The van der Waals surface area contributed by atoms with E-state index in [1.165, 1.54) is 0 Å². The summed E-state index contributed by atoms with van der Waals surface area (Å²) in [6.07, 6.45) is 2.05. The fraction of sp³-hybridized carbons (Fsp3) is 0.533. The van der Waals surface area contributed by atoms with E-state index < -0.39 is 8.32 Å². The van der Waals surface area contributed by atoms with Gasteiger partial charge in [0, 0.05) is 6.42 Å². The van der Waals surface area contributed by atoms with Crippen molar-refractivity contribution < 1.29 is 18.7 Å². The third-order valence-corrected chi connectivity index (χ3v) is 3.55. The number of carbonyl (C=O) groups is 1. The first-order valence-electron chi connectivity index (χ1n) is 6.78. The molecule has 0 saturated heterocycles. The van der Waals surface area contributed by atoms with Gasteiger partial charge in [0.05, 0.1) is 14.2 Å². The Balaban J connectivity index is 2.48. The number of ether oxygens (including phenoxy) is 2. The average molecular weight is 296 g/mol. The molecule has 0 aliphatic carbocycles. The van der Waals surface area contributed by atoms with Crippen molar-refractivity contribution >= 4 is 14.3 Å². The molecule has 1 rings (SSSR count). The molecule has 0 fully saturated rings. The molecule has 0 N–H and O–H groups in total. The first kappa shape index (κ1) is 16.6. The molecule has 20 heavy (non-hydrogen) atoms. The van der Waals surface area contributed by atoms with Crippen LogP contribution in [-0.4, -0.2) is 28.5 Å². The number of rotatable bonds is 7. The van der Waals surface area contributed by atoms with Crippen LogP contribution >= 0.6 is 0 Å². The molecular formula is C15H24O4Si. The van der Waals surface area contributed by atoms with Gasteiger partial charge in [-0.3, -0.25) is 4.79 Å². The monoisotopic (exact) mass is 296 g/mol. The van der Waals surface area contributed by atoms with E-state index in [4.69, 9.17) is 13.9 Å². The van der Waals surface area contributed by atoms with E-state index in [1.807, 2.05) is 37.8 Å². The topological polar surface area (TPSA) is 44.8 Å². The van der Waals surface area contributed by atoms with Gasteiger partial charge in [-0.15, -0.1) is 0 Å². The maximum Gasteiger partial charge on any atom is 0.292 e. The number of hydrogen-bond acceptors (Lipinski definition) is 4. The van der Waals surface area contributed by atoms with Crippen LogP contribution in [0.5, 0.6) is 11.5 Å². The van der Waals surface area contributed by atoms with Crippen LogP contribution in [0.4, 0.5) is 0 Å². The molecule has 0 aliphatic rings. The lowest BCUT2D eigenvalue weighted by Crippen LogP contribution is -2.29. The van der Waals surface area contributed by atoms with Gasteiger partial charge in [0.25, 0.3) is 5.97 Å². The Hall–Kier alpha value is -1.49. The largest absolute Gasteiger partial charge is 0.520 e.